The van der Waals surface area contributed by atoms with Crippen LogP contribution >= 0.6 is 0 Å². The average Bonchev–Trinajstić information content (AvgIpc) is 3.12. The Balaban J connectivity index is 2.29. The predicted molar refractivity (Wildman–Crippen MR) is 111 cm³/mol. The summed E-state index contributed by atoms with van der Waals surface area (Å²) in [5.74, 6) is 5.60. The third-order valence-corrected chi connectivity index (χ3v) is 4.67. The third kappa shape index (κ3) is 4.24. The zero-order chi connectivity index (χ0) is 21.7. The van der Waals surface area contributed by atoms with Crippen molar-refractivity contribution < 1.29 is 14.4 Å². The van der Waals surface area contributed by atoms with E-state index in [2.05, 4.69) is 22.1 Å². The van der Waals surface area contributed by atoms with E-state index in [0.29, 0.717) is 25.6 Å². The number of nitrogens with zero attached hydrogens (tertiary/aromatic N) is 5. The second-order valence-corrected chi connectivity index (χ2v) is 6.65. The largest absolute Gasteiger partial charge is 0.380 e. The van der Waals surface area contributed by atoms with Gasteiger partial charge in [-0.05, 0) is 13.8 Å². The molecule has 3 heterocycles. The van der Waals surface area contributed by atoms with Gasteiger partial charge in [0.15, 0.2) is 5.52 Å². The zero-order valence-electron chi connectivity index (χ0n) is 17.4. The smallest absolute Gasteiger partial charge is 0.366 e. The summed E-state index contributed by atoms with van der Waals surface area (Å²) < 4.78 is 8.76. The van der Waals surface area contributed by atoms with Crippen LogP contribution in [-0.4, -0.2) is 64.2 Å². The first-order valence-electron chi connectivity index (χ1n) is 9.87. The van der Waals surface area contributed by atoms with Crippen molar-refractivity contribution in [2.24, 2.45) is 0 Å². The minimum Gasteiger partial charge on any atom is -0.380 e. The molecule has 3 rings (SSSR count). The fraction of sp³-hybridized carbons (Fsp3) is 0.579. The molecule has 0 unspecified atom stereocenters. The van der Waals surface area contributed by atoms with Crippen molar-refractivity contribution in [3.8, 4) is 11.8 Å². The van der Waals surface area contributed by atoms with E-state index in [9.17, 15) is 14.4 Å². The van der Waals surface area contributed by atoms with Gasteiger partial charge in [0, 0.05) is 39.7 Å². The van der Waals surface area contributed by atoms with Crippen LogP contribution in [0.3, 0.4) is 0 Å². The number of fused-ring (bicyclic) bond motifs is 1. The molecule has 2 aromatic rings. The summed E-state index contributed by atoms with van der Waals surface area (Å²) in [4.78, 5) is 49.6. The van der Waals surface area contributed by atoms with E-state index in [-0.39, 0.29) is 30.9 Å². The van der Waals surface area contributed by atoms with Crippen molar-refractivity contribution in [2.75, 3.05) is 44.3 Å². The maximum Gasteiger partial charge on any atom is 0.366 e. The number of nitrogens with one attached hydrogen (secondary N) is 1. The van der Waals surface area contributed by atoms with Gasteiger partial charge >= 0.3 is 11.7 Å². The number of piperazine rings is 1. The molecule has 0 radical (unpaired) electrons. The van der Waals surface area contributed by atoms with Crippen LogP contribution in [0.1, 0.15) is 20.8 Å². The van der Waals surface area contributed by atoms with Crippen molar-refractivity contribution in [1.29, 1.82) is 0 Å². The molecule has 0 spiro atoms. The van der Waals surface area contributed by atoms with Gasteiger partial charge in [0.2, 0.25) is 11.6 Å². The number of carbonyl (C=O) groups is 1. The molecule has 0 amide bonds. The van der Waals surface area contributed by atoms with Gasteiger partial charge in [-0.15, -0.1) is 5.92 Å². The van der Waals surface area contributed by atoms with Crippen molar-refractivity contribution in [1.82, 2.24) is 24.2 Å². The van der Waals surface area contributed by atoms with Gasteiger partial charge in [0.1, 0.15) is 0 Å². The quantitative estimate of drug-likeness (QED) is 0.441. The summed E-state index contributed by atoms with van der Waals surface area (Å²) in [5, 5.41) is 3.27. The van der Waals surface area contributed by atoms with Gasteiger partial charge in [-0.3, -0.25) is 13.9 Å². The lowest BCUT2D eigenvalue weighted by molar-refractivity contribution is -0.141. The zero-order valence-corrected chi connectivity index (χ0v) is 17.4. The molecule has 1 fully saturated rings. The predicted octanol–water partition coefficient (Wildman–Crippen LogP) is -1.20. The van der Waals surface area contributed by atoms with Crippen LogP contribution < -0.4 is 26.3 Å². The number of hydrogen-bond acceptors (Lipinski definition) is 8. The fourth-order valence-corrected chi connectivity index (χ4v) is 3.32. The Morgan fingerprint density at radius 2 is 1.97 bits per heavy atom. The van der Waals surface area contributed by atoms with Crippen LogP contribution in [-0.2, 0) is 22.6 Å². The average molecular weight is 418 g/mol. The first-order valence-corrected chi connectivity index (χ1v) is 9.87. The monoisotopic (exact) mass is 418 g/mol. The molecule has 0 atom stereocenters. The molecule has 11 nitrogen and oxygen atoms in total. The van der Waals surface area contributed by atoms with E-state index in [1.807, 2.05) is 11.8 Å². The highest BCUT2D eigenvalue weighted by atomic mass is 16.7. The highest BCUT2D eigenvalue weighted by molar-refractivity contribution is 5.76. The number of anilines is 1. The first-order chi connectivity index (χ1) is 14.5. The minimum absolute atomic E-state index is 0.000652. The Hall–Kier alpha value is -3.10. The van der Waals surface area contributed by atoms with Gasteiger partial charge < -0.3 is 19.8 Å². The normalized spacial score (nSPS) is 13.9. The van der Waals surface area contributed by atoms with E-state index >= 15 is 0 Å². The summed E-state index contributed by atoms with van der Waals surface area (Å²) >= 11 is 0. The van der Waals surface area contributed by atoms with Crippen molar-refractivity contribution in [2.45, 2.75) is 33.9 Å². The van der Waals surface area contributed by atoms with Crippen LogP contribution in [0.5, 0.6) is 0 Å². The van der Waals surface area contributed by atoms with Crippen molar-refractivity contribution in [3.63, 3.8) is 0 Å². The maximum absolute atomic E-state index is 13.3. The lowest BCUT2D eigenvalue weighted by atomic mass is 10.4. The van der Waals surface area contributed by atoms with Crippen LogP contribution in [0.25, 0.3) is 11.2 Å². The lowest BCUT2D eigenvalue weighted by Crippen LogP contribution is -2.45. The third-order valence-electron chi connectivity index (χ3n) is 4.67. The number of ether oxygens (including phenoxy) is 1. The Labute approximate surface area is 173 Å². The minimum atomic E-state index is -0.777. The Morgan fingerprint density at radius 3 is 2.60 bits per heavy atom. The molecule has 0 aromatic carbocycles. The standard InChI is InChI=1S/C19H26N6O5/c1-4-6-9-23-15-16(21-18(23)22-10-7-20-8-11-22)25(30-14(3)26)19(28)24(17(15)27)12-13-29-5-2/h20H,5,7-13H2,1-3H3. The Kier molecular flexibility index (Phi) is 6.91. The molecule has 2 aromatic heterocycles. The molecule has 1 aliphatic rings. The number of hydrogen-bond donors (Lipinski definition) is 1. The van der Waals surface area contributed by atoms with Crippen LogP contribution in [0.2, 0.25) is 0 Å². The molecule has 1 saturated heterocycles. The van der Waals surface area contributed by atoms with Crippen LogP contribution in [0.4, 0.5) is 5.95 Å². The van der Waals surface area contributed by atoms with Crippen molar-refractivity contribution in [3.05, 3.63) is 20.8 Å². The molecule has 0 aliphatic carbocycles. The molecular weight excluding hydrogens is 392 g/mol. The molecule has 30 heavy (non-hydrogen) atoms. The van der Waals surface area contributed by atoms with Gasteiger partial charge in [-0.2, -0.15) is 4.98 Å². The van der Waals surface area contributed by atoms with Gasteiger partial charge in [-0.25, -0.2) is 9.59 Å². The summed E-state index contributed by atoms with van der Waals surface area (Å²) in [7, 11) is 0. The van der Waals surface area contributed by atoms with E-state index in [1.165, 1.54) is 6.92 Å². The van der Waals surface area contributed by atoms with Crippen molar-refractivity contribution >= 4 is 23.1 Å². The number of aromatic nitrogens is 4. The molecule has 162 valence electrons. The number of carbonyl (C=O) groups excluding carboxylic acids is 1. The Bertz CT molecular complexity index is 1100. The number of imidazole rings is 1. The highest BCUT2D eigenvalue weighted by Gasteiger charge is 2.26. The van der Waals surface area contributed by atoms with E-state index in [4.69, 9.17) is 9.57 Å². The SMILES string of the molecule is CC#CCn1c(N2CCNCC2)nc2c1c(=O)n(CCOCC)c(=O)n2OC(C)=O. The summed E-state index contributed by atoms with van der Waals surface area (Å²) in [6, 6.07) is 0. The number of rotatable bonds is 7. The summed E-state index contributed by atoms with van der Waals surface area (Å²) in [6.45, 7) is 8.46. The summed E-state index contributed by atoms with van der Waals surface area (Å²) in [5.41, 5.74) is -1.15. The second-order valence-electron chi connectivity index (χ2n) is 6.65. The molecule has 1 aliphatic heterocycles. The Morgan fingerprint density at radius 1 is 1.23 bits per heavy atom. The van der Waals surface area contributed by atoms with E-state index < -0.39 is 17.2 Å². The highest BCUT2D eigenvalue weighted by Crippen LogP contribution is 2.20. The van der Waals surface area contributed by atoms with Gasteiger partial charge in [0.05, 0.1) is 19.7 Å². The van der Waals surface area contributed by atoms with Crippen LogP contribution in [0.15, 0.2) is 9.59 Å². The maximum atomic E-state index is 13.3. The molecule has 1 N–H and O–H groups in total. The molecule has 0 saturated carbocycles. The lowest BCUT2D eigenvalue weighted by Gasteiger charge is -2.28. The van der Waals surface area contributed by atoms with Gasteiger partial charge in [-0.1, -0.05) is 10.7 Å². The molecule has 0 bridgehead atoms. The summed E-state index contributed by atoms with van der Waals surface area (Å²) in [6.07, 6.45) is 0. The topological polar surface area (TPSA) is 113 Å². The molecular formula is C19H26N6O5. The second kappa shape index (κ2) is 9.60. The van der Waals surface area contributed by atoms with E-state index in [0.717, 1.165) is 22.4 Å². The molecule has 11 heteroatoms. The first kappa shape index (κ1) is 21.6. The van der Waals surface area contributed by atoms with E-state index in [1.54, 1.807) is 11.5 Å². The van der Waals surface area contributed by atoms with Gasteiger partial charge in [0.25, 0.3) is 5.56 Å². The van der Waals surface area contributed by atoms with Crippen LogP contribution in [0, 0.1) is 11.8 Å². The fourth-order valence-electron chi connectivity index (χ4n) is 3.32.